The topological polar surface area (TPSA) is 183 Å². The van der Waals surface area contributed by atoms with Crippen LogP contribution < -0.4 is 30.9 Å². The summed E-state index contributed by atoms with van der Waals surface area (Å²) in [5.41, 5.74) is 4.77. The van der Waals surface area contributed by atoms with Crippen LogP contribution in [0.4, 0.5) is 29.2 Å². The molecule has 0 bridgehead atoms. The minimum Gasteiger partial charge on any atom is -0.395 e. The van der Waals surface area contributed by atoms with Gasteiger partial charge in [-0.05, 0) is 50.7 Å². The molecule has 5 rings (SSSR count). The van der Waals surface area contributed by atoms with Crippen molar-refractivity contribution in [2.45, 2.75) is 38.5 Å². The number of piperidine rings is 2. The smallest absolute Gasteiger partial charge is 0.228 e. The van der Waals surface area contributed by atoms with Crippen molar-refractivity contribution >= 4 is 40.3 Å². The van der Waals surface area contributed by atoms with Gasteiger partial charge in [-0.2, -0.15) is 9.97 Å². The number of aliphatic hydroxyl groups is 4. The Morgan fingerprint density at radius 1 is 0.591 bits per heavy atom. The molecule has 2 aliphatic rings. The zero-order valence-electron chi connectivity index (χ0n) is 25.6. The molecule has 14 heteroatoms. The number of hydrogen-bond donors (Lipinski definition) is 6. The molecular formula is C30H48N10O4. The zero-order chi connectivity index (χ0) is 31.1. The van der Waals surface area contributed by atoms with Crippen molar-refractivity contribution in [1.82, 2.24) is 19.9 Å². The summed E-state index contributed by atoms with van der Waals surface area (Å²) in [4.78, 5) is 27.8. The molecule has 3 aromatic rings. The molecule has 7 N–H and O–H groups in total. The van der Waals surface area contributed by atoms with Gasteiger partial charge in [0.15, 0.2) is 11.6 Å². The maximum Gasteiger partial charge on any atom is 0.228 e. The van der Waals surface area contributed by atoms with Gasteiger partial charge >= 0.3 is 0 Å². The highest BCUT2D eigenvalue weighted by atomic mass is 16.3. The standard InChI is InChI=1S/C24H40N8O4.C6H8N2/c33-15-11-31(12-16-34)23-26-20-19(21(27-23)29-7-3-1-4-8-29)25-24(32(13-17-35)14-18-36)28-22(20)30-9-5-2-6-10-30;7-8-6-4-2-1-3-5-6/h33-36H,1-18H2;1-5,8H,7H2. The van der Waals surface area contributed by atoms with Gasteiger partial charge in [0.1, 0.15) is 11.0 Å². The summed E-state index contributed by atoms with van der Waals surface area (Å²) < 4.78 is 0. The Balaban J connectivity index is 0.000000479. The first-order valence-corrected chi connectivity index (χ1v) is 15.7. The minimum absolute atomic E-state index is 0.0772. The number of rotatable bonds is 13. The Labute approximate surface area is 259 Å². The van der Waals surface area contributed by atoms with Crippen molar-refractivity contribution < 1.29 is 20.4 Å². The predicted octanol–water partition coefficient (Wildman–Crippen LogP) is 0.955. The van der Waals surface area contributed by atoms with Gasteiger partial charge < -0.3 is 45.5 Å². The van der Waals surface area contributed by atoms with Crippen molar-refractivity contribution in [2.75, 3.05) is 104 Å². The number of nitrogens with zero attached hydrogens (tertiary/aromatic N) is 8. The number of aliphatic hydroxyl groups excluding tert-OH is 4. The van der Waals surface area contributed by atoms with Gasteiger partial charge in [-0.1, -0.05) is 18.2 Å². The Morgan fingerprint density at radius 2 is 0.977 bits per heavy atom. The quantitative estimate of drug-likeness (QED) is 0.118. The van der Waals surface area contributed by atoms with Gasteiger partial charge in [0.2, 0.25) is 11.9 Å². The molecule has 0 saturated carbocycles. The lowest BCUT2D eigenvalue weighted by atomic mass is 10.1. The highest BCUT2D eigenvalue weighted by Crippen LogP contribution is 2.34. The van der Waals surface area contributed by atoms with Crippen LogP contribution in [0.3, 0.4) is 0 Å². The summed E-state index contributed by atoms with van der Waals surface area (Å²) >= 11 is 0. The number of nitrogen functional groups attached to an aromatic ring is 1. The van der Waals surface area contributed by atoms with Crippen LogP contribution in [0.5, 0.6) is 0 Å². The first kappa shape index (κ1) is 33.3. The van der Waals surface area contributed by atoms with Crippen molar-refractivity contribution in [3.63, 3.8) is 0 Å². The Hall–Kier alpha value is -3.56. The fraction of sp³-hybridized carbons (Fsp3) is 0.600. The Bertz CT molecular complexity index is 1170. The van der Waals surface area contributed by atoms with Gasteiger partial charge in [-0.15, -0.1) is 0 Å². The monoisotopic (exact) mass is 612 g/mol. The fourth-order valence-electron chi connectivity index (χ4n) is 5.54. The number of para-hydroxylation sites is 1. The summed E-state index contributed by atoms with van der Waals surface area (Å²) in [6, 6.07) is 9.60. The number of aromatic nitrogens is 4. The van der Waals surface area contributed by atoms with E-state index in [9.17, 15) is 20.4 Å². The molecule has 2 saturated heterocycles. The number of benzene rings is 1. The molecule has 242 valence electrons. The lowest BCUT2D eigenvalue weighted by Crippen LogP contribution is -2.36. The van der Waals surface area contributed by atoms with Crippen LogP contribution in [0.15, 0.2) is 30.3 Å². The van der Waals surface area contributed by atoms with Gasteiger partial charge in [0.25, 0.3) is 0 Å². The molecule has 0 radical (unpaired) electrons. The number of nitrogens with one attached hydrogen (secondary N) is 1. The van der Waals surface area contributed by atoms with Crippen LogP contribution in [0, 0.1) is 0 Å². The van der Waals surface area contributed by atoms with E-state index in [4.69, 9.17) is 25.8 Å². The first-order chi connectivity index (χ1) is 21.6. The van der Waals surface area contributed by atoms with Crippen molar-refractivity contribution in [2.24, 2.45) is 5.84 Å². The summed E-state index contributed by atoms with van der Waals surface area (Å²) in [5.74, 6) is 7.45. The summed E-state index contributed by atoms with van der Waals surface area (Å²) in [5, 5.41) is 38.6. The van der Waals surface area contributed by atoms with Crippen molar-refractivity contribution in [3.05, 3.63) is 30.3 Å². The van der Waals surface area contributed by atoms with Gasteiger partial charge in [0.05, 0.1) is 26.4 Å². The van der Waals surface area contributed by atoms with E-state index in [0.717, 1.165) is 69.2 Å². The van der Waals surface area contributed by atoms with Crippen LogP contribution in [0.1, 0.15) is 38.5 Å². The summed E-state index contributed by atoms with van der Waals surface area (Å²) in [7, 11) is 0. The number of anilines is 5. The molecule has 0 aliphatic carbocycles. The van der Waals surface area contributed by atoms with Crippen LogP contribution in [-0.4, -0.2) is 119 Å². The Morgan fingerprint density at radius 3 is 1.30 bits per heavy atom. The van der Waals surface area contributed by atoms with E-state index in [1.165, 1.54) is 12.8 Å². The predicted molar refractivity (Wildman–Crippen MR) is 174 cm³/mol. The fourth-order valence-corrected chi connectivity index (χ4v) is 5.54. The minimum atomic E-state index is -0.0772. The second kappa shape index (κ2) is 17.7. The molecule has 1 aromatic carbocycles. The van der Waals surface area contributed by atoms with E-state index < -0.39 is 0 Å². The molecular weight excluding hydrogens is 564 g/mol. The average molecular weight is 613 g/mol. The van der Waals surface area contributed by atoms with E-state index in [1.807, 2.05) is 30.3 Å². The van der Waals surface area contributed by atoms with Gasteiger partial charge in [-0.25, -0.2) is 9.97 Å². The molecule has 2 aromatic heterocycles. The maximum absolute atomic E-state index is 9.64. The first-order valence-electron chi connectivity index (χ1n) is 15.7. The highest BCUT2D eigenvalue weighted by Gasteiger charge is 2.27. The van der Waals surface area contributed by atoms with Crippen LogP contribution in [-0.2, 0) is 0 Å². The normalized spacial score (nSPS) is 15.1. The molecule has 2 aliphatic heterocycles. The molecule has 0 atom stereocenters. The van der Waals surface area contributed by atoms with Crippen molar-refractivity contribution in [1.29, 1.82) is 0 Å². The van der Waals surface area contributed by atoms with Gasteiger partial charge in [-0.3, -0.25) is 5.84 Å². The average Bonchev–Trinajstić information content (AvgIpc) is 3.08. The van der Waals surface area contributed by atoms with E-state index >= 15 is 0 Å². The highest BCUT2D eigenvalue weighted by molar-refractivity contribution is 5.95. The third-order valence-electron chi connectivity index (χ3n) is 7.78. The third kappa shape index (κ3) is 8.76. The van der Waals surface area contributed by atoms with Gasteiger partial charge in [0, 0.05) is 58.0 Å². The van der Waals surface area contributed by atoms with Crippen LogP contribution in [0.2, 0.25) is 0 Å². The van der Waals surface area contributed by atoms with Crippen molar-refractivity contribution in [3.8, 4) is 0 Å². The van der Waals surface area contributed by atoms with Crippen LogP contribution in [0.25, 0.3) is 11.0 Å². The molecule has 14 nitrogen and oxygen atoms in total. The lowest BCUT2D eigenvalue weighted by molar-refractivity contribution is 0.279. The molecule has 44 heavy (non-hydrogen) atoms. The summed E-state index contributed by atoms with van der Waals surface area (Å²) in [6.45, 7) is 4.38. The molecule has 2 fully saturated rings. The van der Waals surface area contributed by atoms with E-state index in [1.54, 1.807) is 9.80 Å². The number of hydrogen-bond acceptors (Lipinski definition) is 14. The third-order valence-corrected chi connectivity index (χ3v) is 7.78. The van der Waals surface area contributed by atoms with E-state index in [2.05, 4.69) is 15.2 Å². The number of fused-ring (bicyclic) bond motifs is 1. The Kier molecular flexibility index (Phi) is 13.4. The second-order valence-corrected chi connectivity index (χ2v) is 10.9. The molecule has 0 unspecified atom stereocenters. The maximum atomic E-state index is 9.64. The number of hydrazine groups is 1. The zero-order valence-corrected chi connectivity index (χ0v) is 25.6. The number of nitrogens with two attached hydrogens (primary N) is 1. The van der Waals surface area contributed by atoms with Crippen LogP contribution >= 0.6 is 0 Å². The summed E-state index contributed by atoms with van der Waals surface area (Å²) in [6.07, 6.45) is 6.61. The lowest BCUT2D eigenvalue weighted by Gasteiger charge is -2.33. The second-order valence-electron chi connectivity index (χ2n) is 10.9. The van der Waals surface area contributed by atoms with E-state index in [-0.39, 0.29) is 26.4 Å². The van der Waals surface area contributed by atoms with E-state index in [0.29, 0.717) is 49.1 Å². The molecule has 0 amide bonds. The molecule has 4 heterocycles. The molecule has 0 spiro atoms. The SMILES string of the molecule is NNc1ccccc1.OCCN(CCO)c1nc(N2CCCCC2)c2nc(N(CCO)CCO)nc(N3CCCCC3)c2n1. The largest absolute Gasteiger partial charge is 0.395 e.